The number of benzene rings is 2. The van der Waals surface area contributed by atoms with Crippen LogP contribution in [0.3, 0.4) is 0 Å². The van der Waals surface area contributed by atoms with Crippen molar-refractivity contribution in [3.63, 3.8) is 0 Å². The zero-order chi connectivity index (χ0) is 18.0. The van der Waals surface area contributed by atoms with E-state index in [1.165, 1.54) is 10.9 Å². The topological polar surface area (TPSA) is 32.3 Å². The fourth-order valence-electron chi connectivity index (χ4n) is 3.44. The molecule has 0 spiro atoms. The maximum Gasteiger partial charge on any atom is 0.471 e. The smallest absolute Gasteiger partial charge is 0.335 e. The predicted molar refractivity (Wildman–Crippen MR) is 91.1 cm³/mol. The SMILES string of the molecule is C[C@@H](NCC1CCN(C(=O)C(F)(F)F)C1)c1cccc2ccccc12. The number of fused-ring (bicyclic) bond motifs is 1. The number of hydrogen-bond donors (Lipinski definition) is 1. The molecule has 2 aromatic carbocycles. The summed E-state index contributed by atoms with van der Waals surface area (Å²) in [5, 5.41) is 5.75. The molecule has 134 valence electrons. The van der Waals surface area contributed by atoms with Crippen LogP contribution in [0, 0.1) is 5.92 Å². The molecule has 1 fully saturated rings. The number of alkyl halides is 3. The van der Waals surface area contributed by atoms with E-state index in [9.17, 15) is 18.0 Å². The van der Waals surface area contributed by atoms with Gasteiger partial charge in [0.2, 0.25) is 0 Å². The van der Waals surface area contributed by atoms with Crippen molar-refractivity contribution in [1.82, 2.24) is 10.2 Å². The van der Waals surface area contributed by atoms with Crippen molar-refractivity contribution in [2.24, 2.45) is 5.92 Å². The van der Waals surface area contributed by atoms with E-state index >= 15 is 0 Å². The molecule has 3 rings (SSSR count). The molecule has 3 nitrogen and oxygen atoms in total. The third-order valence-electron chi connectivity index (χ3n) is 4.82. The third-order valence-corrected chi connectivity index (χ3v) is 4.82. The number of carbonyl (C=O) groups is 1. The second-order valence-electron chi connectivity index (χ2n) is 6.60. The summed E-state index contributed by atoms with van der Waals surface area (Å²) in [6.45, 7) is 2.97. The van der Waals surface area contributed by atoms with E-state index in [1.54, 1.807) is 0 Å². The van der Waals surface area contributed by atoms with E-state index in [2.05, 4.69) is 36.5 Å². The van der Waals surface area contributed by atoms with Gasteiger partial charge in [0.1, 0.15) is 0 Å². The molecule has 0 saturated carbocycles. The minimum absolute atomic E-state index is 0.0451. The second kappa shape index (κ2) is 7.04. The van der Waals surface area contributed by atoms with Crippen LogP contribution in [0.1, 0.15) is 24.9 Å². The molecule has 1 aliphatic rings. The van der Waals surface area contributed by atoms with Gasteiger partial charge in [0.05, 0.1) is 0 Å². The molecule has 1 saturated heterocycles. The lowest BCUT2D eigenvalue weighted by Gasteiger charge is -2.20. The molecule has 1 unspecified atom stereocenters. The van der Waals surface area contributed by atoms with Crippen molar-refractivity contribution in [1.29, 1.82) is 0 Å². The van der Waals surface area contributed by atoms with Gasteiger partial charge >= 0.3 is 12.1 Å². The van der Waals surface area contributed by atoms with Gasteiger partial charge in [-0.15, -0.1) is 0 Å². The Labute approximate surface area is 144 Å². The first-order chi connectivity index (χ1) is 11.9. The van der Waals surface area contributed by atoms with Crippen LogP contribution in [0.2, 0.25) is 0 Å². The van der Waals surface area contributed by atoms with Crippen molar-refractivity contribution in [2.75, 3.05) is 19.6 Å². The Balaban J connectivity index is 1.60. The Morgan fingerprint density at radius 3 is 2.72 bits per heavy atom. The molecule has 1 aliphatic heterocycles. The van der Waals surface area contributed by atoms with Gasteiger partial charge in [-0.3, -0.25) is 4.79 Å². The molecule has 1 amide bonds. The summed E-state index contributed by atoms with van der Waals surface area (Å²) in [5.41, 5.74) is 1.17. The summed E-state index contributed by atoms with van der Waals surface area (Å²) in [6.07, 6.45) is -4.18. The molecular formula is C19H21F3N2O. The molecule has 2 atom stereocenters. The number of likely N-dealkylation sites (tertiary alicyclic amines) is 1. The van der Waals surface area contributed by atoms with E-state index in [0.717, 1.165) is 10.3 Å². The summed E-state index contributed by atoms with van der Waals surface area (Å²) in [4.78, 5) is 12.2. The lowest BCUT2D eigenvalue weighted by atomic mass is 9.99. The van der Waals surface area contributed by atoms with E-state index < -0.39 is 12.1 Å². The highest BCUT2D eigenvalue weighted by Crippen LogP contribution is 2.26. The van der Waals surface area contributed by atoms with Crippen LogP contribution in [0.4, 0.5) is 13.2 Å². The summed E-state index contributed by atoms with van der Waals surface area (Å²) in [7, 11) is 0. The lowest BCUT2D eigenvalue weighted by Crippen LogP contribution is -2.40. The molecule has 2 aromatic rings. The highest BCUT2D eigenvalue weighted by atomic mass is 19.4. The van der Waals surface area contributed by atoms with Crippen molar-refractivity contribution in [3.05, 3.63) is 48.0 Å². The molecule has 0 bridgehead atoms. The fourth-order valence-corrected chi connectivity index (χ4v) is 3.44. The van der Waals surface area contributed by atoms with Crippen molar-refractivity contribution in [2.45, 2.75) is 25.6 Å². The number of amides is 1. The second-order valence-corrected chi connectivity index (χ2v) is 6.60. The summed E-state index contributed by atoms with van der Waals surface area (Å²) >= 11 is 0. The predicted octanol–water partition coefficient (Wildman–Crippen LogP) is 3.90. The van der Waals surface area contributed by atoms with Gasteiger partial charge in [-0.1, -0.05) is 42.5 Å². The average molecular weight is 350 g/mol. The van der Waals surface area contributed by atoms with Gasteiger partial charge in [-0.25, -0.2) is 0 Å². The summed E-state index contributed by atoms with van der Waals surface area (Å²) < 4.78 is 37.5. The van der Waals surface area contributed by atoms with E-state index in [-0.39, 0.29) is 25.0 Å². The zero-order valence-corrected chi connectivity index (χ0v) is 14.0. The van der Waals surface area contributed by atoms with Crippen LogP contribution < -0.4 is 5.32 Å². The Morgan fingerprint density at radius 2 is 1.96 bits per heavy atom. The monoisotopic (exact) mass is 350 g/mol. The Hall–Kier alpha value is -2.08. The van der Waals surface area contributed by atoms with Crippen molar-refractivity contribution >= 4 is 16.7 Å². The highest BCUT2D eigenvalue weighted by molar-refractivity contribution is 5.86. The average Bonchev–Trinajstić information content (AvgIpc) is 3.06. The Bertz CT molecular complexity index is 754. The Morgan fingerprint density at radius 1 is 1.24 bits per heavy atom. The summed E-state index contributed by atoms with van der Waals surface area (Å²) in [5.74, 6) is -1.68. The number of hydrogen-bond acceptors (Lipinski definition) is 2. The molecule has 0 aromatic heterocycles. The Kier molecular flexibility index (Phi) is 4.99. The molecule has 0 radical (unpaired) electrons. The van der Waals surface area contributed by atoms with Crippen LogP contribution in [0.5, 0.6) is 0 Å². The molecule has 6 heteroatoms. The third kappa shape index (κ3) is 3.95. The molecule has 1 heterocycles. The zero-order valence-electron chi connectivity index (χ0n) is 14.0. The van der Waals surface area contributed by atoms with Crippen molar-refractivity contribution in [3.8, 4) is 0 Å². The molecule has 0 aliphatic carbocycles. The number of halogens is 3. The normalized spacial score (nSPS) is 19.4. The quantitative estimate of drug-likeness (QED) is 0.907. The first-order valence-electron chi connectivity index (χ1n) is 8.43. The minimum atomic E-state index is -4.78. The maximum atomic E-state index is 12.5. The van der Waals surface area contributed by atoms with Crippen LogP contribution >= 0.6 is 0 Å². The van der Waals surface area contributed by atoms with Crippen LogP contribution in [0.15, 0.2) is 42.5 Å². The van der Waals surface area contributed by atoms with Crippen LogP contribution in [-0.2, 0) is 4.79 Å². The highest BCUT2D eigenvalue weighted by Gasteiger charge is 2.44. The van der Waals surface area contributed by atoms with Gasteiger partial charge in [0.25, 0.3) is 0 Å². The largest absolute Gasteiger partial charge is 0.471 e. The van der Waals surface area contributed by atoms with Gasteiger partial charge in [-0.2, -0.15) is 13.2 Å². The van der Waals surface area contributed by atoms with Gasteiger partial charge < -0.3 is 10.2 Å². The fraction of sp³-hybridized carbons (Fsp3) is 0.421. The first-order valence-corrected chi connectivity index (χ1v) is 8.43. The number of carbonyl (C=O) groups excluding carboxylic acids is 1. The van der Waals surface area contributed by atoms with Crippen LogP contribution in [-0.4, -0.2) is 36.6 Å². The molecule has 1 N–H and O–H groups in total. The van der Waals surface area contributed by atoms with E-state index in [4.69, 9.17) is 0 Å². The lowest BCUT2D eigenvalue weighted by molar-refractivity contribution is -0.184. The van der Waals surface area contributed by atoms with Crippen molar-refractivity contribution < 1.29 is 18.0 Å². The number of nitrogens with zero attached hydrogens (tertiary/aromatic N) is 1. The van der Waals surface area contributed by atoms with Gasteiger partial charge in [0, 0.05) is 25.7 Å². The summed E-state index contributed by atoms with van der Waals surface area (Å²) in [6, 6.07) is 14.3. The molecular weight excluding hydrogens is 329 g/mol. The molecule has 25 heavy (non-hydrogen) atoms. The van der Waals surface area contributed by atoms with Gasteiger partial charge in [0.15, 0.2) is 0 Å². The van der Waals surface area contributed by atoms with E-state index in [0.29, 0.717) is 13.0 Å². The van der Waals surface area contributed by atoms with Gasteiger partial charge in [-0.05, 0) is 35.6 Å². The first kappa shape index (κ1) is 17.7. The standard InChI is InChI=1S/C19H21F3N2O/c1-13(16-8-4-6-15-5-2-3-7-17(15)16)23-11-14-9-10-24(12-14)18(25)19(20,21)22/h2-8,13-14,23H,9-12H2,1H3/t13-,14?/m1/s1. The maximum absolute atomic E-state index is 12.5. The number of rotatable bonds is 4. The van der Waals surface area contributed by atoms with E-state index in [1.807, 2.05) is 18.2 Å². The minimum Gasteiger partial charge on any atom is -0.335 e. The van der Waals surface area contributed by atoms with Crippen LogP contribution in [0.25, 0.3) is 10.8 Å². The number of nitrogens with one attached hydrogen (secondary N) is 1.